The van der Waals surface area contributed by atoms with E-state index in [0.29, 0.717) is 6.07 Å². The summed E-state index contributed by atoms with van der Waals surface area (Å²) in [5.41, 5.74) is -8.49. The average Bonchev–Trinajstić information content (AvgIpc) is 3.54. The third-order valence-corrected chi connectivity index (χ3v) is 9.95. The number of aliphatic imine (C=N–C) groups is 1. The SMILES string of the molecule is CC(C)(O)CNC(=O)C1=NC(C(=O)N2C3CCC2CC3)C(C)(c2ccc(C(O)(C(F)(F)F)C(F)(F)F)c(Cl)c2Cl)S1. The van der Waals surface area contributed by atoms with Crippen molar-refractivity contribution >= 4 is 51.8 Å². The number of carbonyl (C=O) groups is 2. The quantitative estimate of drug-likeness (QED) is 0.374. The van der Waals surface area contributed by atoms with E-state index in [4.69, 9.17) is 23.2 Å². The van der Waals surface area contributed by atoms with E-state index >= 15 is 0 Å². The fraction of sp³-hybridized carbons (Fsp3) is 0.640. The Morgan fingerprint density at radius 3 is 2.00 bits per heavy atom. The van der Waals surface area contributed by atoms with E-state index < -0.39 is 61.8 Å². The molecular weight excluding hydrogens is 623 g/mol. The Morgan fingerprint density at radius 2 is 1.54 bits per heavy atom. The molecule has 3 N–H and O–H groups in total. The molecule has 2 saturated heterocycles. The zero-order chi connectivity index (χ0) is 30.9. The number of rotatable bonds is 6. The molecule has 0 saturated carbocycles. The molecule has 3 aliphatic heterocycles. The maximum Gasteiger partial charge on any atom is 0.430 e. The molecule has 7 nitrogen and oxygen atoms in total. The third-order valence-electron chi connectivity index (χ3n) is 7.72. The first-order valence-corrected chi connectivity index (χ1v) is 14.1. The van der Waals surface area contributed by atoms with Crippen LogP contribution in [-0.4, -0.2) is 74.6 Å². The maximum absolute atomic E-state index is 13.9. The number of aliphatic hydroxyl groups is 2. The Balaban J connectivity index is 1.80. The van der Waals surface area contributed by atoms with Crippen LogP contribution in [0.25, 0.3) is 0 Å². The largest absolute Gasteiger partial charge is 0.430 e. The first-order valence-electron chi connectivity index (χ1n) is 12.6. The molecule has 16 heteroatoms. The van der Waals surface area contributed by atoms with Crippen LogP contribution >= 0.6 is 35.0 Å². The van der Waals surface area contributed by atoms with Gasteiger partial charge >= 0.3 is 12.4 Å². The zero-order valence-electron chi connectivity index (χ0n) is 22.0. The van der Waals surface area contributed by atoms with Gasteiger partial charge in [0.1, 0.15) is 6.04 Å². The van der Waals surface area contributed by atoms with E-state index in [1.54, 1.807) is 4.90 Å². The van der Waals surface area contributed by atoms with Crippen LogP contribution in [0.15, 0.2) is 17.1 Å². The normalized spacial score (nSPS) is 26.9. The summed E-state index contributed by atoms with van der Waals surface area (Å²) in [6.45, 7) is 4.16. The highest BCUT2D eigenvalue weighted by atomic mass is 35.5. The number of thioether (sulfide) groups is 1. The summed E-state index contributed by atoms with van der Waals surface area (Å²) in [6, 6.07) is -0.255. The lowest BCUT2D eigenvalue weighted by Crippen LogP contribution is -2.54. The molecule has 2 amide bonds. The molecule has 41 heavy (non-hydrogen) atoms. The fourth-order valence-electron chi connectivity index (χ4n) is 5.59. The van der Waals surface area contributed by atoms with Gasteiger partial charge in [-0.15, -0.1) is 0 Å². The van der Waals surface area contributed by atoms with Crippen molar-refractivity contribution in [3.8, 4) is 0 Å². The molecular formula is C25H27Cl2F6N3O4S. The van der Waals surface area contributed by atoms with E-state index in [9.17, 15) is 46.1 Å². The van der Waals surface area contributed by atoms with Crippen molar-refractivity contribution in [3.63, 3.8) is 0 Å². The summed E-state index contributed by atoms with van der Waals surface area (Å²) in [5, 5.41) is 20.2. The molecule has 0 spiro atoms. The average molecular weight is 650 g/mol. The molecule has 0 aromatic heterocycles. The topological polar surface area (TPSA) is 102 Å². The number of fused-ring (bicyclic) bond motifs is 2. The minimum Gasteiger partial charge on any atom is -0.389 e. The molecule has 0 aliphatic carbocycles. The van der Waals surface area contributed by atoms with Crippen molar-refractivity contribution in [2.75, 3.05) is 6.54 Å². The predicted molar refractivity (Wildman–Crippen MR) is 141 cm³/mol. The fourth-order valence-corrected chi connectivity index (χ4v) is 7.57. The van der Waals surface area contributed by atoms with Crippen molar-refractivity contribution < 1.29 is 46.1 Å². The lowest BCUT2D eigenvalue weighted by molar-refractivity contribution is -0.376. The molecule has 1 aromatic carbocycles. The second kappa shape index (κ2) is 10.5. The van der Waals surface area contributed by atoms with Gasteiger partial charge < -0.3 is 20.4 Å². The van der Waals surface area contributed by atoms with Gasteiger partial charge in [-0.1, -0.05) is 47.1 Å². The van der Waals surface area contributed by atoms with Crippen molar-refractivity contribution in [1.82, 2.24) is 10.2 Å². The van der Waals surface area contributed by atoms with Crippen LogP contribution in [-0.2, 0) is 19.9 Å². The molecule has 2 bridgehead atoms. The van der Waals surface area contributed by atoms with Crippen LogP contribution in [0.5, 0.6) is 0 Å². The van der Waals surface area contributed by atoms with Gasteiger partial charge in [-0.05, 0) is 52.0 Å². The molecule has 3 heterocycles. The van der Waals surface area contributed by atoms with Gasteiger partial charge in [-0.3, -0.25) is 14.6 Å². The Hall–Kier alpha value is -1.74. The van der Waals surface area contributed by atoms with Crippen LogP contribution < -0.4 is 5.32 Å². The number of hydrogen-bond acceptors (Lipinski definition) is 6. The highest BCUT2D eigenvalue weighted by Gasteiger charge is 2.72. The van der Waals surface area contributed by atoms with Gasteiger partial charge in [0.05, 0.1) is 20.4 Å². The van der Waals surface area contributed by atoms with Crippen LogP contribution in [0.3, 0.4) is 0 Å². The summed E-state index contributed by atoms with van der Waals surface area (Å²) in [5.74, 6) is -1.21. The Morgan fingerprint density at radius 1 is 1.02 bits per heavy atom. The standard InChI is InChI=1S/C25H27Cl2F6N3O4S/c1-21(2,39)10-34-18(37)19-35-17(20(38)36-11-4-5-12(36)7-6-11)22(3,41-19)13-8-9-14(16(27)15(13)26)23(40,24(28,29)30)25(31,32)33/h8-9,11-12,17,39-40H,4-7,10H2,1-3H3,(H,34,37). The van der Waals surface area contributed by atoms with E-state index in [1.165, 1.54) is 20.8 Å². The number of nitrogens with one attached hydrogen (secondary N) is 1. The molecule has 228 valence electrons. The van der Waals surface area contributed by atoms with Gasteiger partial charge in [0.25, 0.3) is 11.5 Å². The molecule has 2 atom stereocenters. The first kappa shape index (κ1) is 32.2. The number of halogens is 8. The highest BCUT2D eigenvalue weighted by molar-refractivity contribution is 8.16. The summed E-state index contributed by atoms with van der Waals surface area (Å²) in [7, 11) is 0. The maximum atomic E-state index is 13.9. The summed E-state index contributed by atoms with van der Waals surface area (Å²) in [6.07, 6.45) is -9.33. The van der Waals surface area contributed by atoms with Crippen molar-refractivity contribution in [2.24, 2.45) is 4.99 Å². The number of alkyl halides is 6. The minimum atomic E-state index is -6.20. The van der Waals surface area contributed by atoms with Crippen LogP contribution in [0.1, 0.15) is 57.6 Å². The van der Waals surface area contributed by atoms with E-state index in [2.05, 4.69) is 10.3 Å². The van der Waals surface area contributed by atoms with Crippen LogP contribution in [0.4, 0.5) is 26.3 Å². The number of amides is 2. The smallest absolute Gasteiger partial charge is 0.389 e. The van der Waals surface area contributed by atoms with Crippen molar-refractivity contribution in [2.45, 2.75) is 92.9 Å². The summed E-state index contributed by atoms with van der Waals surface area (Å²) in [4.78, 5) is 32.9. The number of nitrogens with zero attached hydrogens (tertiary/aromatic N) is 2. The van der Waals surface area contributed by atoms with Gasteiger partial charge in [0.15, 0.2) is 5.04 Å². The second-order valence-electron chi connectivity index (χ2n) is 11.2. The first-order chi connectivity index (χ1) is 18.6. The number of carbonyl (C=O) groups excluding carboxylic acids is 2. The van der Waals surface area contributed by atoms with E-state index in [-0.39, 0.29) is 29.2 Å². The molecule has 2 unspecified atom stereocenters. The molecule has 1 aromatic rings. The minimum absolute atomic E-state index is 0.0555. The van der Waals surface area contributed by atoms with Gasteiger partial charge in [-0.2, -0.15) is 26.3 Å². The number of benzene rings is 1. The van der Waals surface area contributed by atoms with Crippen LogP contribution in [0, 0.1) is 0 Å². The molecule has 0 radical (unpaired) electrons. The predicted octanol–water partition coefficient (Wildman–Crippen LogP) is 5.08. The van der Waals surface area contributed by atoms with Gasteiger partial charge in [0, 0.05) is 24.2 Å². The van der Waals surface area contributed by atoms with Crippen molar-refractivity contribution in [1.29, 1.82) is 0 Å². The molecule has 3 aliphatic rings. The van der Waals surface area contributed by atoms with Crippen molar-refractivity contribution in [3.05, 3.63) is 33.3 Å². The lowest BCUT2D eigenvalue weighted by Gasteiger charge is -2.36. The Kier molecular flexibility index (Phi) is 8.21. The second-order valence-corrected chi connectivity index (χ2v) is 13.4. The molecule has 4 rings (SSSR count). The van der Waals surface area contributed by atoms with Gasteiger partial charge in [0.2, 0.25) is 5.91 Å². The Labute approximate surface area is 245 Å². The Bertz CT molecular complexity index is 1250. The van der Waals surface area contributed by atoms with Crippen LogP contribution in [0.2, 0.25) is 10.0 Å². The van der Waals surface area contributed by atoms with Gasteiger partial charge in [-0.25, -0.2) is 0 Å². The zero-order valence-corrected chi connectivity index (χ0v) is 24.3. The molecule has 2 fully saturated rings. The summed E-state index contributed by atoms with van der Waals surface area (Å²) < 4.78 is 79.9. The summed E-state index contributed by atoms with van der Waals surface area (Å²) >= 11 is 13.1. The van der Waals surface area contributed by atoms with E-state index in [0.717, 1.165) is 43.5 Å². The number of hydrogen-bond donors (Lipinski definition) is 3. The monoisotopic (exact) mass is 649 g/mol. The third kappa shape index (κ3) is 5.43. The van der Waals surface area contributed by atoms with E-state index in [1.807, 2.05) is 0 Å². The lowest BCUT2D eigenvalue weighted by atomic mass is 9.86. The highest BCUT2D eigenvalue weighted by Crippen LogP contribution is 2.56.